The molecule has 0 fully saturated rings. The van der Waals surface area contributed by atoms with Crippen molar-refractivity contribution in [1.29, 1.82) is 0 Å². The molecule has 0 saturated carbocycles. The maximum Gasteiger partial charge on any atom is 0.224 e. The summed E-state index contributed by atoms with van der Waals surface area (Å²) in [6.07, 6.45) is 1.95. The van der Waals surface area contributed by atoms with Gasteiger partial charge in [0.15, 0.2) is 5.11 Å². The highest BCUT2D eigenvalue weighted by Crippen LogP contribution is 2.33. The van der Waals surface area contributed by atoms with Crippen molar-refractivity contribution in [3.8, 4) is 5.75 Å². The van der Waals surface area contributed by atoms with Gasteiger partial charge in [0.05, 0.1) is 5.69 Å². The molecule has 1 heterocycles. The number of carbonyl (C=O) groups is 1. The Kier molecular flexibility index (Phi) is 4.61. The molecule has 0 aliphatic carbocycles. The van der Waals surface area contributed by atoms with E-state index in [-0.39, 0.29) is 22.6 Å². The molecular formula is C17H16FN3O2S. The molecule has 124 valence electrons. The van der Waals surface area contributed by atoms with Crippen molar-refractivity contribution in [2.45, 2.75) is 19.3 Å². The molecular weight excluding hydrogens is 329 g/mol. The standard InChI is InChI=1S/C17H16FN3O2S/c18-11-4-6-12(7-5-11)19-17(24)21-14-8-10-2-1-3-16(23)20-13(10)9-15(14)22/h4-9,22H,1-3H2,(H,20,23)(H2,19,21,24). The van der Waals surface area contributed by atoms with Gasteiger partial charge < -0.3 is 21.1 Å². The van der Waals surface area contributed by atoms with Crippen LogP contribution >= 0.6 is 12.2 Å². The fraction of sp³-hybridized carbons (Fsp3) is 0.176. The number of halogens is 1. The lowest BCUT2D eigenvalue weighted by Crippen LogP contribution is -2.19. The summed E-state index contributed by atoms with van der Waals surface area (Å²) in [6, 6.07) is 9.07. The van der Waals surface area contributed by atoms with Crippen molar-refractivity contribution in [1.82, 2.24) is 0 Å². The molecule has 24 heavy (non-hydrogen) atoms. The number of phenols is 1. The van der Waals surface area contributed by atoms with Gasteiger partial charge in [0.2, 0.25) is 5.91 Å². The lowest BCUT2D eigenvalue weighted by Gasteiger charge is -2.15. The molecule has 3 rings (SSSR count). The molecule has 1 amide bonds. The van der Waals surface area contributed by atoms with Crippen molar-refractivity contribution in [2.75, 3.05) is 16.0 Å². The summed E-state index contributed by atoms with van der Waals surface area (Å²) in [7, 11) is 0. The van der Waals surface area contributed by atoms with E-state index in [1.54, 1.807) is 18.2 Å². The minimum absolute atomic E-state index is 0.0146. The predicted octanol–water partition coefficient (Wildman–Crippen LogP) is 3.62. The Hall–Kier alpha value is -2.67. The molecule has 0 atom stereocenters. The van der Waals surface area contributed by atoms with Crippen LogP contribution < -0.4 is 16.0 Å². The van der Waals surface area contributed by atoms with Gasteiger partial charge in [-0.05, 0) is 61.0 Å². The van der Waals surface area contributed by atoms with Gasteiger partial charge in [-0.2, -0.15) is 0 Å². The van der Waals surface area contributed by atoms with E-state index in [2.05, 4.69) is 16.0 Å². The van der Waals surface area contributed by atoms with Crippen LogP contribution in [0.2, 0.25) is 0 Å². The number of benzene rings is 2. The van der Waals surface area contributed by atoms with E-state index in [9.17, 15) is 14.3 Å². The molecule has 2 aromatic rings. The van der Waals surface area contributed by atoms with Crippen LogP contribution in [0, 0.1) is 5.82 Å². The molecule has 0 aromatic heterocycles. The van der Waals surface area contributed by atoms with Crippen molar-refractivity contribution in [3.63, 3.8) is 0 Å². The van der Waals surface area contributed by atoms with E-state index in [1.165, 1.54) is 18.2 Å². The zero-order valence-electron chi connectivity index (χ0n) is 12.7. The number of rotatable bonds is 2. The fourth-order valence-corrected chi connectivity index (χ4v) is 2.75. The van der Waals surface area contributed by atoms with Gasteiger partial charge in [-0.25, -0.2) is 4.39 Å². The highest BCUT2D eigenvalue weighted by atomic mass is 32.1. The van der Waals surface area contributed by atoms with E-state index in [4.69, 9.17) is 12.2 Å². The molecule has 5 nitrogen and oxygen atoms in total. The first-order chi connectivity index (χ1) is 11.5. The van der Waals surface area contributed by atoms with Gasteiger partial charge in [-0.15, -0.1) is 0 Å². The number of hydrogen-bond acceptors (Lipinski definition) is 3. The molecule has 0 unspecified atom stereocenters. The highest BCUT2D eigenvalue weighted by molar-refractivity contribution is 7.80. The predicted molar refractivity (Wildman–Crippen MR) is 95.9 cm³/mol. The van der Waals surface area contributed by atoms with Crippen molar-refractivity contribution < 1.29 is 14.3 Å². The Morgan fingerprint density at radius 1 is 1.17 bits per heavy atom. The molecule has 7 heteroatoms. The lowest BCUT2D eigenvalue weighted by molar-refractivity contribution is -0.116. The second kappa shape index (κ2) is 6.84. The number of fused-ring (bicyclic) bond motifs is 1. The van der Waals surface area contributed by atoms with Crippen LogP contribution in [0.4, 0.5) is 21.5 Å². The smallest absolute Gasteiger partial charge is 0.224 e. The molecule has 4 N–H and O–H groups in total. The number of nitrogens with one attached hydrogen (secondary N) is 3. The van der Waals surface area contributed by atoms with Crippen LogP contribution in [0.3, 0.4) is 0 Å². The monoisotopic (exact) mass is 345 g/mol. The number of aromatic hydroxyl groups is 1. The van der Waals surface area contributed by atoms with Crippen molar-refractivity contribution in [3.05, 3.63) is 47.8 Å². The zero-order valence-corrected chi connectivity index (χ0v) is 13.5. The van der Waals surface area contributed by atoms with E-state index in [0.717, 1.165) is 18.4 Å². The number of thiocarbonyl (C=S) groups is 1. The second-order valence-corrected chi connectivity index (χ2v) is 5.92. The molecule has 0 radical (unpaired) electrons. The van der Waals surface area contributed by atoms with Crippen LogP contribution in [-0.2, 0) is 11.2 Å². The fourth-order valence-electron chi connectivity index (χ4n) is 2.53. The molecule has 2 aromatic carbocycles. The average molecular weight is 345 g/mol. The molecule has 0 bridgehead atoms. The van der Waals surface area contributed by atoms with E-state index < -0.39 is 0 Å². The summed E-state index contributed by atoms with van der Waals surface area (Å²) in [5.41, 5.74) is 2.64. The van der Waals surface area contributed by atoms with Gasteiger partial charge in [0.25, 0.3) is 0 Å². The Bertz CT molecular complexity index is 793. The molecule has 0 spiro atoms. The number of amides is 1. The minimum Gasteiger partial charge on any atom is -0.506 e. The summed E-state index contributed by atoms with van der Waals surface area (Å²) < 4.78 is 12.9. The average Bonchev–Trinajstić information content (AvgIpc) is 2.70. The summed E-state index contributed by atoms with van der Waals surface area (Å²) in [5.74, 6) is -0.397. The number of aryl methyl sites for hydroxylation is 1. The van der Waals surface area contributed by atoms with Crippen LogP contribution in [0.5, 0.6) is 5.75 Å². The second-order valence-electron chi connectivity index (χ2n) is 5.51. The lowest BCUT2D eigenvalue weighted by atomic mass is 10.1. The van der Waals surface area contributed by atoms with Gasteiger partial charge >= 0.3 is 0 Å². The van der Waals surface area contributed by atoms with Crippen molar-refractivity contribution >= 4 is 40.3 Å². The van der Waals surface area contributed by atoms with Gasteiger partial charge in [0.1, 0.15) is 11.6 Å². The molecule has 1 aliphatic rings. The summed E-state index contributed by atoms with van der Waals surface area (Å²) >= 11 is 5.21. The van der Waals surface area contributed by atoms with E-state index >= 15 is 0 Å². The Morgan fingerprint density at radius 3 is 2.67 bits per heavy atom. The highest BCUT2D eigenvalue weighted by Gasteiger charge is 2.16. The largest absolute Gasteiger partial charge is 0.506 e. The summed E-state index contributed by atoms with van der Waals surface area (Å²) in [6.45, 7) is 0. The molecule has 1 aliphatic heterocycles. The molecule has 0 saturated heterocycles. The number of phenolic OH excluding ortho intramolecular Hbond substituents is 1. The van der Waals surface area contributed by atoms with Crippen LogP contribution in [0.1, 0.15) is 18.4 Å². The first kappa shape index (κ1) is 16.2. The number of hydrogen-bond donors (Lipinski definition) is 4. The van der Waals surface area contributed by atoms with Crippen LogP contribution in [0.25, 0.3) is 0 Å². The van der Waals surface area contributed by atoms with Gasteiger partial charge in [0, 0.05) is 23.9 Å². The summed E-state index contributed by atoms with van der Waals surface area (Å²) in [5, 5.41) is 19.0. The maximum absolute atomic E-state index is 12.9. The SMILES string of the molecule is O=C1CCCc2cc(NC(=S)Nc3ccc(F)cc3)c(O)cc2N1. The third kappa shape index (κ3) is 3.80. The third-order valence-electron chi connectivity index (χ3n) is 3.70. The van der Waals surface area contributed by atoms with Crippen LogP contribution in [0.15, 0.2) is 36.4 Å². The topological polar surface area (TPSA) is 73.4 Å². The first-order valence-electron chi connectivity index (χ1n) is 7.50. The van der Waals surface area contributed by atoms with Gasteiger partial charge in [-0.3, -0.25) is 4.79 Å². The first-order valence-corrected chi connectivity index (χ1v) is 7.91. The zero-order chi connectivity index (χ0) is 17.1. The van der Waals surface area contributed by atoms with E-state index in [0.29, 0.717) is 23.5 Å². The van der Waals surface area contributed by atoms with Crippen molar-refractivity contribution in [2.24, 2.45) is 0 Å². The number of carbonyl (C=O) groups excluding carboxylic acids is 1. The maximum atomic E-state index is 12.9. The van der Waals surface area contributed by atoms with Crippen LogP contribution in [-0.4, -0.2) is 16.1 Å². The quantitative estimate of drug-likeness (QED) is 0.494. The normalized spacial score (nSPS) is 13.5. The Balaban J connectivity index is 1.75. The number of anilines is 3. The Labute approximate surface area is 143 Å². The van der Waals surface area contributed by atoms with E-state index in [1.807, 2.05) is 0 Å². The van der Waals surface area contributed by atoms with Gasteiger partial charge in [-0.1, -0.05) is 0 Å². The Morgan fingerprint density at radius 2 is 1.92 bits per heavy atom. The third-order valence-corrected chi connectivity index (χ3v) is 3.90. The minimum atomic E-state index is -0.329. The summed E-state index contributed by atoms with van der Waals surface area (Å²) in [4.78, 5) is 11.6.